The lowest BCUT2D eigenvalue weighted by atomic mass is 10.0. The van der Waals surface area contributed by atoms with Gasteiger partial charge in [0.15, 0.2) is 6.29 Å². The van der Waals surface area contributed by atoms with Gasteiger partial charge in [0.1, 0.15) is 0 Å². The van der Waals surface area contributed by atoms with Crippen LogP contribution >= 0.6 is 0 Å². The van der Waals surface area contributed by atoms with Crippen molar-refractivity contribution in [3.63, 3.8) is 0 Å². The van der Waals surface area contributed by atoms with Crippen molar-refractivity contribution in [2.75, 3.05) is 6.61 Å². The van der Waals surface area contributed by atoms with E-state index in [1.165, 1.54) is 10.8 Å². The number of aliphatic hydroxyl groups excluding tert-OH is 1. The van der Waals surface area contributed by atoms with Gasteiger partial charge in [0.2, 0.25) is 0 Å². The van der Waals surface area contributed by atoms with Gasteiger partial charge in [-0.3, -0.25) is 0 Å². The molecule has 0 heterocycles. The van der Waals surface area contributed by atoms with Crippen molar-refractivity contribution >= 4 is 10.8 Å². The van der Waals surface area contributed by atoms with Gasteiger partial charge in [-0.05, 0) is 23.3 Å². The summed E-state index contributed by atoms with van der Waals surface area (Å²) in [6.07, 6.45) is -0.175. The maximum Gasteiger partial charge on any atom is 0.158 e. The highest BCUT2D eigenvalue weighted by Gasteiger charge is 2.07. The molecule has 0 fully saturated rings. The number of hydrogen-bond acceptors (Lipinski definition) is 2. The third-order valence-corrected chi connectivity index (χ3v) is 2.63. The van der Waals surface area contributed by atoms with Crippen LogP contribution < -0.4 is 0 Å². The molecule has 2 aromatic rings. The SMILES string of the molecule is CCOC(O)Cc1cccc2ccccc12. The van der Waals surface area contributed by atoms with Crippen LogP contribution in [0.1, 0.15) is 12.5 Å². The Morgan fingerprint density at radius 2 is 1.88 bits per heavy atom. The van der Waals surface area contributed by atoms with E-state index in [1.807, 2.05) is 31.2 Å². The molecule has 0 bridgehead atoms. The van der Waals surface area contributed by atoms with Crippen molar-refractivity contribution in [1.29, 1.82) is 0 Å². The summed E-state index contributed by atoms with van der Waals surface area (Å²) in [4.78, 5) is 0. The fourth-order valence-corrected chi connectivity index (χ4v) is 1.91. The summed E-state index contributed by atoms with van der Waals surface area (Å²) in [5.41, 5.74) is 1.12. The Balaban J connectivity index is 2.30. The van der Waals surface area contributed by atoms with Crippen molar-refractivity contribution in [1.82, 2.24) is 0 Å². The Morgan fingerprint density at radius 1 is 1.12 bits per heavy atom. The largest absolute Gasteiger partial charge is 0.368 e. The summed E-state index contributed by atoms with van der Waals surface area (Å²) >= 11 is 0. The minimum Gasteiger partial charge on any atom is -0.368 e. The Labute approximate surface area is 95.5 Å². The fourth-order valence-electron chi connectivity index (χ4n) is 1.91. The molecule has 0 saturated heterocycles. The second-order valence-electron chi connectivity index (χ2n) is 3.75. The van der Waals surface area contributed by atoms with Crippen LogP contribution in [0.15, 0.2) is 42.5 Å². The molecule has 1 N–H and O–H groups in total. The van der Waals surface area contributed by atoms with Gasteiger partial charge in [-0.2, -0.15) is 0 Å². The molecule has 2 heteroatoms. The highest BCUT2D eigenvalue weighted by molar-refractivity contribution is 5.85. The molecule has 0 amide bonds. The first kappa shape index (κ1) is 11.1. The van der Waals surface area contributed by atoms with Gasteiger partial charge in [0, 0.05) is 13.0 Å². The summed E-state index contributed by atoms with van der Waals surface area (Å²) in [5, 5.41) is 12.0. The summed E-state index contributed by atoms with van der Waals surface area (Å²) in [7, 11) is 0. The van der Waals surface area contributed by atoms with Gasteiger partial charge in [-0.1, -0.05) is 42.5 Å². The second kappa shape index (κ2) is 5.10. The smallest absolute Gasteiger partial charge is 0.158 e. The molecule has 1 atom stereocenters. The summed E-state index contributed by atoms with van der Waals surface area (Å²) in [6.45, 7) is 2.41. The number of ether oxygens (including phenoxy) is 1. The average molecular weight is 216 g/mol. The molecule has 0 spiro atoms. The van der Waals surface area contributed by atoms with Gasteiger partial charge >= 0.3 is 0 Å². The molecule has 0 saturated carbocycles. The summed E-state index contributed by atoms with van der Waals surface area (Å²) in [6, 6.07) is 14.3. The minimum atomic E-state index is -0.712. The molecule has 0 aromatic heterocycles. The van der Waals surface area contributed by atoms with Crippen molar-refractivity contribution in [2.45, 2.75) is 19.6 Å². The maximum absolute atomic E-state index is 9.64. The Kier molecular flexibility index (Phi) is 3.54. The second-order valence-corrected chi connectivity index (χ2v) is 3.75. The lowest BCUT2D eigenvalue weighted by Gasteiger charge is -2.12. The molecule has 1 unspecified atom stereocenters. The zero-order valence-electron chi connectivity index (χ0n) is 9.39. The lowest BCUT2D eigenvalue weighted by Crippen LogP contribution is -2.14. The Morgan fingerprint density at radius 3 is 2.69 bits per heavy atom. The number of aliphatic hydroxyl groups is 1. The van der Waals surface area contributed by atoms with E-state index in [4.69, 9.17) is 4.74 Å². The van der Waals surface area contributed by atoms with Crippen LogP contribution in [0, 0.1) is 0 Å². The number of fused-ring (bicyclic) bond motifs is 1. The Bertz CT molecular complexity index is 460. The van der Waals surface area contributed by atoms with E-state index in [0.29, 0.717) is 13.0 Å². The maximum atomic E-state index is 9.64. The normalized spacial score (nSPS) is 12.9. The van der Waals surface area contributed by atoms with Crippen molar-refractivity contribution in [2.24, 2.45) is 0 Å². The van der Waals surface area contributed by atoms with Gasteiger partial charge in [0.25, 0.3) is 0 Å². The molecule has 0 aliphatic rings. The van der Waals surface area contributed by atoms with Crippen LogP contribution in [0.4, 0.5) is 0 Å². The van der Waals surface area contributed by atoms with Crippen LogP contribution in [0.2, 0.25) is 0 Å². The van der Waals surface area contributed by atoms with E-state index in [-0.39, 0.29) is 0 Å². The lowest BCUT2D eigenvalue weighted by molar-refractivity contribution is -0.0925. The van der Waals surface area contributed by atoms with Gasteiger partial charge in [-0.25, -0.2) is 0 Å². The standard InChI is InChI=1S/C14H16O2/c1-2-16-14(15)10-12-8-5-7-11-6-3-4-9-13(11)12/h3-9,14-15H,2,10H2,1H3. The van der Waals surface area contributed by atoms with Crippen LogP contribution in [-0.4, -0.2) is 18.0 Å². The number of hydrogen-bond donors (Lipinski definition) is 1. The summed E-state index contributed by atoms with van der Waals surface area (Å²) < 4.78 is 5.15. The fraction of sp³-hybridized carbons (Fsp3) is 0.286. The van der Waals surface area contributed by atoms with E-state index in [1.54, 1.807) is 0 Å². The Hall–Kier alpha value is -1.38. The van der Waals surface area contributed by atoms with Crippen molar-refractivity contribution in [3.05, 3.63) is 48.0 Å². The molecule has 0 radical (unpaired) electrons. The zero-order chi connectivity index (χ0) is 11.4. The van der Waals surface area contributed by atoms with Crippen LogP contribution in [0.5, 0.6) is 0 Å². The molecule has 84 valence electrons. The summed E-state index contributed by atoms with van der Waals surface area (Å²) in [5.74, 6) is 0. The molecule has 0 aliphatic heterocycles. The van der Waals surface area contributed by atoms with E-state index in [9.17, 15) is 5.11 Å². The highest BCUT2D eigenvalue weighted by Crippen LogP contribution is 2.19. The minimum absolute atomic E-state index is 0.534. The molecule has 2 nitrogen and oxygen atoms in total. The monoisotopic (exact) mass is 216 g/mol. The van der Waals surface area contributed by atoms with Crippen molar-refractivity contribution < 1.29 is 9.84 Å². The first-order chi connectivity index (χ1) is 7.81. The first-order valence-electron chi connectivity index (χ1n) is 5.57. The van der Waals surface area contributed by atoms with E-state index in [2.05, 4.69) is 18.2 Å². The predicted octanol–water partition coefficient (Wildman–Crippen LogP) is 2.74. The van der Waals surface area contributed by atoms with Crippen LogP contribution in [-0.2, 0) is 11.2 Å². The molecular weight excluding hydrogens is 200 g/mol. The average Bonchev–Trinajstić information content (AvgIpc) is 2.30. The van der Waals surface area contributed by atoms with Crippen molar-refractivity contribution in [3.8, 4) is 0 Å². The quantitative estimate of drug-likeness (QED) is 0.796. The molecule has 0 aliphatic carbocycles. The predicted molar refractivity (Wildman–Crippen MR) is 65.3 cm³/mol. The third-order valence-electron chi connectivity index (χ3n) is 2.63. The number of rotatable bonds is 4. The molecule has 2 aromatic carbocycles. The van der Waals surface area contributed by atoms with Gasteiger partial charge in [-0.15, -0.1) is 0 Å². The highest BCUT2D eigenvalue weighted by atomic mass is 16.6. The molecule has 16 heavy (non-hydrogen) atoms. The zero-order valence-corrected chi connectivity index (χ0v) is 9.39. The van der Waals surface area contributed by atoms with E-state index in [0.717, 1.165) is 5.56 Å². The molecule has 2 rings (SSSR count). The number of benzene rings is 2. The van der Waals surface area contributed by atoms with Gasteiger partial charge in [0.05, 0.1) is 0 Å². The first-order valence-corrected chi connectivity index (χ1v) is 5.57. The van der Waals surface area contributed by atoms with Crippen LogP contribution in [0.25, 0.3) is 10.8 Å². The third kappa shape index (κ3) is 2.40. The van der Waals surface area contributed by atoms with E-state index < -0.39 is 6.29 Å². The van der Waals surface area contributed by atoms with Crippen LogP contribution in [0.3, 0.4) is 0 Å². The van der Waals surface area contributed by atoms with E-state index >= 15 is 0 Å². The molecular formula is C14H16O2. The topological polar surface area (TPSA) is 29.5 Å². The van der Waals surface area contributed by atoms with Gasteiger partial charge < -0.3 is 9.84 Å².